The van der Waals surface area contributed by atoms with Crippen LogP contribution in [0.1, 0.15) is 17.2 Å². The second-order valence-corrected chi connectivity index (χ2v) is 7.56. The zero-order valence-corrected chi connectivity index (χ0v) is 17.2. The van der Waals surface area contributed by atoms with Crippen LogP contribution >= 0.6 is 23.2 Å². The Morgan fingerprint density at radius 1 is 1.10 bits per heavy atom. The van der Waals surface area contributed by atoms with E-state index in [1.807, 2.05) is 30.3 Å². The van der Waals surface area contributed by atoms with Gasteiger partial charge in [-0.2, -0.15) is 5.10 Å². The van der Waals surface area contributed by atoms with E-state index in [4.69, 9.17) is 27.6 Å². The van der Waals surface area contributed by atoms with Gasteiger partial charge in [-0.25, -0.2) is 5.43 Å². The zero-order chi connectivity index (χ0) is 21.1. The molecule has 2 amide bonds. The second-order valence-electron chi connectivity index (χ2n) is 6.78. The fourth-order valence-corrected chi connectivity index (χ4v) is 3.82. The summed E-state index contributed by atoms with van der Waals surface area (Å²) in [6.07, 6.45) is 1.37. The average molecular weight is 442 g/mol. The van der Waals surface area contributed by atoms with Crippen molar-refractivity contribution in [1.82, 2.24) is 10.7 Å². The molecule has 0 bridgehead atoms. The van der Waals surface area contributed by atoms with E-state index in [-0.39, 0.29) is 11.8 Å². The number of hydrogen-bond acceptors (Lipinski definition) is 4. The molecule has 3 aromatic rings. The molecule has 2 N–H and O–H groups in total. The standard InChI is InChI=1S/C22H17Cl2N3O3/c23-17-8-4-7-15(20(17)24)18-10-9-14(30-18)11-26-27-22(29)19-16(12-25-21(19)28)13-5-2-1-3-6-13/h1-11,16,19H,12H2,(H,25,28)(H,27,29)/b26-11+/t16-,19-/m0/s1. The van der Waals surface area contributed by atoms with E-state index < -0.39 is 11.8 Å². The highest BCUT2D eigenvalue weighted by atomic mass is 35.5. The quantitative estimate of drug-likeness (QED) is 0.352. The topological polar surface area (TPSA) is 83.7 Å². The highest BCUT2D eigenvalue weighted by Gasteiger charge is 2.40. The summed E-state index contributed by atoms with van der Waals surface area (Å²) in [5.41, 5.74) is 4.01. The lowest BCUT2D eigenvalue weighted by atomic mass is 9.88. The van der Waals surface area contributed by atoms with Crippen LogP contribution in [0.5, 0.6) is 0 Å². The molecule has 1 saturated heterocycles. The second kappa shape index (κ2) is 8.73. The van der Waals surface area contributed by atoms with Crippen molar-refractivity contribution in [2.75, 3.05) is 6.54 Å². The molecule has 2 atom stereocenters. The molecule has 8 heteroatoms. The first-order valence-corrected chi connectivity index (χ1v) is 10.00. The van der Waals surface area contributed by atoms with Crippen molar-refractivity contribution in [3.63, 3.8) is 0 Å². The van der Waals surface area contributed by atoms with Crippen LogP contribution in [-0.2, 0) is 9.59 Å². The summed E-state index contributed by atoms with van der Waals surface area (Å²) >= 11 is 12.3. The Hall–Kier alpha value is -3.09. The van der Waals surface area contributed by atoms with E-state index in [0.717, 1.165) is 5.56 Å². The maximum atomic E-state index is 12.6. The van der Waals surface area contributed by atoms with Crippen molar-refractivity contribution in [3.05, 3.63) is 82.0 Å². The van der Waals surface area contributed by atoms with Crippen molar-refractivity contribution in [3.8, 4) is 11.3 Å². The SMILES string of the molecule is O=C1NC[C@@H](c2ccccc2)[C@@H]1C(=O)N/N=C/c1ccc(-c2cccc(Cl)c2Cl)o1. The van der Waals surface area contributed by atoms with Crippen LogP contribution < -0.4 is 10.7 Å². The van der Waals surface area contributed by atoms with Crippen molar-refractivity contribution in [2.24, 2.45) is 11.0 Å². The molecular weight excluding hydrogens is 425 g/mol. The first kappa shape index (κ1) is 20.2. The Kier molecular flexibility index (Phi) is 5.88. The van der Waals surface area contributed by atoms with Crippen LogP contribution in [-0.4, -0.2) is 24.6 Å². The molecule has 152 valence electrons. The lowest BCUT2D eigenvalue weighted by Crippen LogP contribution is -2.34. The number of furan rings is 1. The third kappa shape index (κ3) is 4.10. The predicted molar refractivity (Wildman–Crippen MR) is 116 cm³/mol. The van der Waals surface area contributed by atoms with Crippen LogP contribution in [0.15, 0.2) is 70.2 Å². The fraction of sp³-hybridized carbons (Fsp3) is 0.136. The van der Waals surface area contributed by atoms with Gasteiger partial charge in [0.15, 0.2) is 0 Å². The largest absolute Gasteiger partial charge is 0.455 e. The van der Waals surface area contributed by atoms with Gasteiger partial charge >= 0.3 is 0 Å². The van der Waals surface area contributed by atoms with E-state index in [1.165, 1.54) is 6.21 Å². The summed E-state index contributed by atoms with van der Waals surface area (Å²) in [6.45, 7) is 0.409. The van der Waals surface area contributed by atoms with Gasteiger partial charge in [-0.3, -0.25) is 9.59 Å². The fourth-order valence-electron chi connectivity index (χ4n) is 3.42. The van der Waals surface area contributed by atoms with Gasteiger partial charge in [0, 0.05) is 18.0 Å². The van der Waals surface area contributed by atoms with Crippen LogP contribution in [0, 0.1) is 5.92 Å². The number of hydrazone groups is 1. The number of benzene rings is 2. The van der Waals surface area contributed by atoms with Crippen LogP contribution in [0.3, 0.4) is 0 Å². The van der Waals surface area contributed by atoms with Crippen molar-refractivity contribution in [1.29, 1.82) is 0 Å². The lowest BCUT2D eigenvalue weighted by molar-refractivity contribution is -0.133. The van der Waals surface area contributed by atoms with Crippen molar-refractivity contribution >= 4 is 41.2 Å². The van der Waals surface area contributed by atoms with E-state index in [1.54, 1.807) is 30.3 Å². The van der Waals surface area contributed by atoms with E-state index in [9.17, 15) is 9.59 Å². The monoisotopic (exact) mass is 441 g/mol. The zero-order valence-electron chi connectivity index (χ0n) is 15.6. The van der Waals surface area contributed by atoms with Gasteiger partial charge in [0.1, 0.15) is 17.4 Å². The molecule has 0 radical (unpaired) electrons. The van der Waals surface area contributed by atoms with Gasteiger partial charge in [0.05, 0.1) is 16.3 Å². The number of nitrogens with one attached hydrogen (secondary N) is 2. The van der Waals surface area contributed by atoms with Gasteiger partial charge in [-0.1, -0.05) is 59.6 Å². The van der Waals surface area contributed by atoms with Gasteiger partial charge in [0.2, 0.25) is 5.91 Å². The minimum atomic E-state index is -0.845. The van der Waals surface area contributed by atoms with Gasteiger partial charge in [-0.15, -0.1) is 0 Å². The molecule has 1 aliphatic rings. The Bertz CT molecular complexity index is 1110. The summed E-state index contributed by atoms with van der Waals surface area (Å²) < 4.78 is 5.70. The van der Waals surface area contributed by atoms with Crippen LogP contribution in [0.4, 0.5) is 0 Å². The third-order valence-electron chi connectivity index (χ3n) is 4.90. The maximum Gasteiger partial charge on any atom is 0.253 e. The maximum absolute atomic E-state index is 12.6. The van der Waals surface area contributed by atoms with Gasteiger partial charge in [-0.05, 0) is 29.8 Å². The number of rotatable bonds is 5. The van der Waals surface area contributed by atoms with Crippen molar-refractivity contribution < 1.29 is 14.0 Å². The molecule has 0 unspecified atom stereocenters. The summed E-state index contributed by atoms with van der Waals surface area (Å²) in [5.74, 6) is -0.935. The lowest BCUT2D eigenvalue weighted by Gasteiger charge is -2.15. The third-order valence-corrected chi connectivity index (χ3v) is 5.72. The summed E-state index contributed by atoms with van der Waals surface area (Å²) in [7, 11) is 0. The number of carbonyl (C=O) groups is 2. The Labute approximate surface area is 182 Å². The summed E-state index contributed by atoms with van der Waals surface area (Å²) in [6, 6.07) is 18.1. The predicted octanol–water partition coefficient (Wildman–Crippen LogP) is 4.23. The molecule has 2 heterocycles. The highest BCUT2D eigenvalue weighted by molar-refractivity contribution is 6.43. The minimum Gasteiger partial charge on any atom is -0.455 e. The molecule has 1 aliphatic heterocycles. The molecular formula is C22H17Cl2N3O3. The van der Waals surface area contributed by atoms with E-state index in [2.05, 4.69) is 15.8 Å². The molecule has 6 nitrogen and oxygen atoms in total. The number of carbonyl (C=O) groups excluding carboxylic acids is 2. The number of nitrogens with zero attached hydrogens (tertiary/aromatic N) is 1. The highest BCUT2D eigenvalue weighted by Crippen LogP contribution is 2.34. The van der Waals surface area contributed by atoms with Crippen molar-refractivity contribution in [2.45, 2.75) is 5.92 Å². The molecule has 1 aromatic heterocycles. The minimum absolute atomic E-state index is 0.242. The molecule has 30 heavy (non-hydrogen) atoms. The first-order valence-electron chi connectivity index (χ1n) is 9.24. The average Bonchev–Trinajstić information content (AvgIpc) is 3.37. The van der Waals surface area contributed by atoms with E-state index in [0.29, 0.717) is 33.7 Å². The number of halogens is 2. The first-order chi connectivity index (χ1) is 14.5. The molecule has 0 spiro atoms. The van der Waals surface area contributed by atoms with Gasteiger partial charge < -0.3 is 9.73 Å². The van der Waals surface area contributed by atoms with Crippen LogP contribution in [0.25, 0.3) is 11.3 Å². The molecule has 4 rings (SSSR count). The summed E-state index contributed by atoms with van der Waals surface area (Å²) in [4.78, 5) is 24.8. The molecule has 2 aromatic carbocycles. The Balaban J connectivity index is 1.44. The normalized spacial score (nSPS) is 18.5. The van der Waals surface area contributed by atoms with Gasteiger partial charge in [0.25, 0.3) is 5.91 Å². The molecule has 0 aliphatic carbocycles. The number of amides is 2. The van der Waals surface area contributed by atoms with Crippen LogP contribution in [0.2, 0.25) is 10.0 Å². The smallest absolute Gasteiger partial charge is 0.253 e. The number of hydrogen-bond donors (Lipinski definition) is 2. The Morgan fingerprint density at radius 2 is 1.90 bits per heavy atom. The molecule has 1 fully saturated rings. The Morgan fingerprint density at radius 3 is 2.70 bits per heavy atom. The summed E-state index contributed by atoms with van der Waals surface area (Å²) in [5, 5.41) is 7.50. The molecule has 0 saturated carbocycles. The van der Waals surface area contributed by atoms with E-state index >= 15 is 0 Å².